The molecule has 1 amide bonds. The summed E-state index contributed by atoms with van der Waals surface area (Å²) in [5.74, 6) is 2.27. The van der Waals surface area contributed by atoms with E-state index in [2.05, 4.69) is 59.6 Å². The molecular formula is C40H45FN4O4. The Kier molecular flexibility index (Phi) is 10.2. The Morgan fingerprint density at radius 2 is 1.47 bits per heavy atom. The topological polar surface area (TPSA) is 68.2 Å². The van der Waals surface area contributed by atoms with E-state index in [-0.39, 0.29) is 11.7 Å². The highest BCUT2D eigenvalue weighted by Crippen LogP contribution is 2.41. The Balaban J connectivity index is 1.12. The van der Waals surface area contributed by atoms with Crippen molar-refractivity contribution in [2.24, 2.45) is 5.92 Å². The van der Waals surface area contributed by atoms with Crippen LogP contribution in [0.25, 0.3) is 22.0 Å². The molecule has 9 heteroatoms. The third kappa shape index (κ3) is 7.58. The number of benzene rings is 4. The summed E-state index contributed by atoms with van der Waals surface area (Å²) in [6, 6.07) is 22.8. The highest BCUT2D eigenvalue weighted by molar-refractivity contribution is 6.05. The molecule has 256 valence electrons. The van der Waals surface area contributed by atoms with E-state index < -0.39 is 0 Å². The number of nitrogens with zero attached hydrogens (tertiary/aromatic N) is 3. The van der Waals surface area contributed by atoms with E-state index in [1.165, 1.54) is 34.3 Å². The van der Waals surface area contributed by atoms with Gasteiger partial charge in [-0.25, -0.2) is 4.39 Å². The molecule has 1 saturated heterocycles. The van der Waals surface area contributed by atoms with Crippen molar-refractivity contribution in [2.75, 3.05) is 59.3 Å². The number of aryl methyl sites for hydroxylation is 1. The van der Waals surface area contributed by atoms with E-state index >= 15 is 0 Å². The zero-order valence-electron chi connectivity index (χ0n) is 29.2. The number of hydrogen-bond donors (Lipinski definition) is 1. The second kappa shape index (κ2) is 14.7. The van der Waals surface area contributed by atoms with Gasteiger partial charge in [-0.3, -0.25) is 4.79 Å². The maximum atomic E-state index is 13.5. The fraction of sp³-hybridized carbons (Fsp3) is 0.325. The standard InChI is InChI=1S/C40H45FN4O4/c1-26(24-44-19-17-43(4)18-20-44)25-45-28(3)27(2)35-23-34(15-16-36(35)45)49-33-13-9-30(10-14-33)40(46)42-32-21-37(47-5)39(38(22-32)48-6)29-7-11-31(41)12-8-29/h7-16,21-23,26H,17-20,24-25H2,1-6H3,(H,42,46). The van der Waals surface area contributed by atoms with Crippen molar-refractivity contribution >= 4 is 22.5 Å². The van der Waals surface area contributed by atoms with Crippen molar-refractivity contribution < 1.29 is 23.4 Å². The monoisotopic (exact) mass is 664 g/mol. The Hall–Kier alpha value is -4.86. The van der Waals surface area contributed by atoms with Gasteiger partial charge in [-0.2, -0.15) is 0 Å². The van der Waals surface area contributed by atoms with Crippen LogP contribution in [0.2, 0.25) is 0 Å². The first-order valence-electron chi connectivity index (χ1n) is 16.7. The zero-order valence-corrected chi connectivity index (χ0v) is 29.2. The van der Waals surface area contributed by atoms with Crippen LogP contribution in [0.3, 0.4) is 0 Å². The second-order valence-electron chi connectivity index (χ2n) is 13.1. The molecule has 2 heterocycles. The van der Waals surface area contributed by atoms with Crippen molar-refractivity contribution in [3.8, 4) is 34.1 Å². The molecule has 1 aliphatic rings. The van der Waals surface area contributed by atoms with Gasteiger partial charge in [0.05, 0.1) is 19.8 Å². The maximum absolute atomic E-state index is 13.5. The summed E-state index contributed by atoms with van der Waals surface area (Å²) in [6.45, 7) is 13.4. The molecule has 1 atom stereocenters. The van der Waals surface area contributed by atoms with E-state index in [0.29, 0.717) is 40.0 Å². The summed E-state index contributed by atoms with van der Waals surface area (Å²) < 4.78 is 33.5. The summed E-state index contributed by atoms with van der Waals surface area (Å²) in [7, 11) is 5.28. The Labute approximate surface area is 288 Å². The number of methoxy groups -OCH3 is 2. The normalized spacial score (nSPS) is 14.5. The highest BCUT2D eigenvalue weighted by atomic mass is 19.1. The van der Waals surface area contributed by atoms with E-state index in [4.69, 9.17) is 14.2 Å². The van der Waals surface area contributed by atoms with Gasteiger partial charge in [0, 0.05) is 79.2 Å². The average molecular weight is 665 g/mol. The van der Waals surface area contributed by atoms with Crippen molar-refractivity contribution in [3.05, 3.63) is 102 Å². The SMILES string of the molecule is COc1cc(NC(=O)c2ccc(Oc3ccc4c(c3)c(C)c(C)n4CC(C)CN3CCN(C)CC3)cc2)cc(OC)c1-c1ccc(F)cc1. The molecule has 0 radical (unpaired) electrons. The van der Waals surface area contributed by atoms with Gasteiger partial charge in [0.25, 0.3) is 5.91 Å². The van der Waals surface area contributed by atoms with Crippen LogP contribution in [-0.2, 0) is 6.54 Å². The number of amides is 1. The van der Waals surface area contributed by atoms with Crippen molar-refractivity contribution in [2.45, 2.75) is 27.3 Å². The third-order valence-electron chi connectivity index (χ3n) is 9.52. The number of rotatable bonds is 11. The van der Waals surface area contributed by atoms with Gasteiger partial charge in [-0.05, 0) is 92.5 Å². The minimum atomic E-state index is -0.333. The molecule has 1 aliphatic heterocycles. The lowest BCUT2D eigenvalue weighted by atomic mass is 10.0. The molecule has 8 nitrogen and oxygen atoms in total. The molecule has 49 heavy (non-hydrogen) atoms. The van der Waals surface area contributed by atoms with E-state index in [1.54, 1.807) is 62.8 Å². The number of carbonyl (C=O) groups is 1. The average Bonchev–Trinajstić information content (AvgIpc) is 3.33. The highest BCUT2D eigenvalue weighted by Gasteiger charge is 2.20. The van der Waals surface area contributed by atoms with Gasteiger partial charge >= 0.3 is 0 Å². The lowest BCUT2D eigenvalue weighted by Crippen LogP contribution is -2.46. The van der Waals surface area contributed by atoms with Gasteiger partial charge in [-0.1, -0.05) is 19.1 Å². The van der Waals surface area contributed by atoms with Crippen molar-refractivity contribution in [1.29, 1.82) is 0 Å². The lowest BCUT2D eigenvalue weighted by Gasteiger charge is -2.34. The zero-order chi connectivity index (χ0) is 34.7. The maximum Gasteiger partial charge on any atom is 0.255 e. The smallest absolute Gasteiger partial charge is 0.255 e. The molecule has 0 bridgehead atoms. The number of likely N-dealkylation sites (N-methyl/N-ethyl adjacent to an activating group) is 1. The number of fused-ring (bicyclic) bond motifs is 1. The quantitative estimate of drug-likeness (QED) is 0.154. The van der Waals surface area contributed by atoms with Crippen molar-refractivity contribution in [1.82, 2.24) is 14.4 Å². The fourth-order valence-electron chi connectivity index (χ4n) is 6.67. The molecule has 1 N–H and O–H groups in total. The second-order valence-corrected chi connectivity index (χ2v) is 13.1. The Morgan fingerprint density at radius 3 is 2.10 bits per heavy atom. The molecule has 1 aromatic heterocycles. The largest absolute Gasteiger partial charge is 0.496 e. The summed E-state index contributed by atoms with van der Waals surface area (Å²) >= 11 is 0. The molecule has 1 fully saturated rings. The van der Waals surface area contributed by atoms with Gasteiger partial charge in [0.15, 0.2) is 0 Å². The van der Waals surface area contributed by atoms with Crippen LogP contribution in [-0.4, -0.2) is 74.3 Å². The molecular weight excluding hydrogens is 619 g/mol. The van der Waals surface area contributed by atoms with E-state index in [0.717, 1.165) is 50.6 Å². The minimum absolute atomic E-state index is 0.291. The third-order valence-corrected chi connectivity index (χ3v) is 9.52. The van der Waals surface area contributed by atoms with Crippen molar-refractivity contribution in [3.63, 3.8) is 0 Å². The van der Waals surface area contributed by atoms with E-state index in [1.807, 2.05) is 6.07 Å². The van der Waals surface area contributed by atoms with Crippen LogP contribution >= 0.6 is 0 Å². The number of carbonyl (C=O) groups excluding carboxylic acids is 1. The van der Waals surface area contributed by atoms with Gasteiger partial charge < -0.3 is 33.9 Å². The predicted molar refractivity (Wildman–Crippen MR) is 194 cm³/mol. The minimum Gasteiger partial charge on any atom is -0.496 e. The molecule has 4 aromatic carbocycles. The summed E-state index contributed by atoms with van der Waals surface area (Å²) in [4.78, 5) is 18.2. The number of nitrogens with one attached hydrogen (secondary N) is 1. The summed E-state index contributed by atoms with van der Waals surface area (Å²) in [5.41, 5.74) is 6.14. The first-order chi connectivity index (χ1) is 23.6. The van der Waals surface area contributed by atoms with Crippen LogP contribution < -0.4 is 19.5 Å². The lowest BCUT2D eigenvalue weighted by molar-refractivity contribution is 0.102. The Bertz CT molecular complexity index is 1900. The van der Waals surface area contributed by atoms with Crippen LogP contribution in [0.1, 0.15) is 28.5 Å². The molecule has 1 unspecified atom stereocenters. The molecule has 6 rings (SSSR count). The summed E-state index contributed by atoms with van der Waals surface area (Å²) in [6.07, 6.45) is 0. The number of hydrogen-bond acceptors (Lipinski definition) is 6. The molecule has 0 aliphatic carbocycles. The van der Waals surface area contributed by atoms with Crippen LogP contribution in [0.5, 0.6) is 23.0 Å². The summed E-state index contributed by atoms with van der Waals surface area (Å²) in [5, 5.41) is 4.12. The number of ether oxygens (including phenoxy) is 3. The van der Waals surface area contributed by atoms with Gasteiger partial charge in [0.1, 0.15) is 28.8 Å². The number of anilines is 1. The number of piperazine rings is 1. The van der Waals surface area contributed by atoms with Crippen LogP contribution in [0.4, 0.5) is 10.1 Å². The fourth-order valence-corrected chi connectivity index (χ4v) is 6.67. The van der Waals surface area contributed by atoms with Crippen LogP contribution in [0.15, 0.2) is 78.9 Å². The Morgan fingerprint density at radius 1 is 0.837 bits per heavy atom. The van der Waals surface area contributed by atoms with Gasteiger partial charge in [0.2, 0.25) is 0 Å². The molecule has 0 saturated carbocycles. The van der Waals surface area contributed by atoms with E-state index in [9.17, 15) is 9.18 Å². The van der Waals surface area contributed by atoms with Crippen LogP contribution in [0, 0.1) is 25.6 Å². The van der Waals surface area contributed by atoms with Gasteiger partial charge in [-0.15, -0.1) is 0 Å². The first-order valence-corrected chi connectivity index (χ1v) is 16.7. The predicted octanol–water partition coefficient (Wildman–Crippen LogP) is 8.01. The molecule has 0 spiro atoms. The molecule has 5 aromatic rings. The number of halogens is 1. The first kappa shape index (κ1) is 34.0. The number of aromatic nitrogens is 1.